The lowest BCUT2D eigenvalue weighted by atomic mass is 9.99. The molecule has 4 aromatic rings. The molecule has 8 heteroatoms. The lowest BCUT2D eigenvalue weighted by Gasteiger charge is -2.23. The highest BCUT2D eigenvalue weighted by Crippen LogP contribution is 2.41. The highest BCUT2D eigenvalue weighted by atomic mass is 32.1. The fourth-order valence-electron chi connectivity index (χ4n) is 4.20. The minimum absolute atomic E-state index is 0.188. The number of hydrogen-bond acceptors (Lipinski definition) is 7. The number of nitrogens with one attached hydrogen (secondary N) is 1. The summed E-state index contributed by atoms with van der Waals surface area (Å²) in [5, 5.41) is 13.5. The van der Waals surface area contributed by atoms with Crippen molar-refractivity contribution in [1.29, 1.82) is 0 Å². The first-order valence-corrected chi connectivity index (χ1v) is 11.4. The largest absolute Gasteiger partial charge is 0.395 e. The van der Waals surface area contributed by atoms with Gasteiger partial charge in [-0.3, -0.25) is 4.90 Å². The van der Waals surface area contributed by atoms with Gasteiger partial charge in [0.2, 0.25) is 0 Å². The number of halogens is 1. The van der Waals surface area contributed by atoms with Gasteiger partial charge in [0.25, 0.3) is 0 Å². The number of aliphatic hydroxyl groups is 1. The van der Waals surface area contributed by atoms with Gasteiger partial charge in [0.1, 0.15) is 10.6 Å². The van der Waals surface area contributed by atoms with Crippen LogP contribution in [0.15, 0.2) is 36.0 Å². The number of thiazole rings is 1. The van der Waals surface area contributed by atoms with E-state index in [0.717, 1.165) is 39.1 Å². The Morgan fingerprint density at radius 3 is 3.03 bits per heavy atom. The molecular weight excluding hydrogens is 407 g/mol. The second-order valence-corrected chi connectivity index (χ2v) is 9.35. The van der Waals surface area contributed by atoms with E-state index in [1.807, 2.05) is 6.07 Å². The maximum Gasteiger partial charge on any atom is 0.148 e. The molecular formula is C21H21FN4OS2. The van der Waals surface area contributed by atoms with Crippen molar-refractivity contribution in [3.63, 3.8) is 0 Å². The highest BCUT2D eigenvalue weighted by Gasteiger charge is 2.32. The molecule has 2 atom stereocenters. The zero-order valence-electron chi connectivity index (χ0n) is 15.9. The minimum atomic E-state index is -0.286. The first kappa shape index (κ1) is 18.9. The fourth-order valence-corrected chi connectivity index (χ4v) is 6.14. The third-order valence-corrected chi connectivity index (χ3v) is 7.75. The van der Waals surface area contributed by atoms with E-state index < -0.39 is 0 Å². The van der Waals surface area contributed by atoms with Crippen LogP contribution in [-0.2, 0) is 0 Å². The van der Waals surface area contributed by atoms with Crippen molar-refractivity contribution >= 4 is 54.5 Å². The van der Waals surface area contributed by atoms with Gasteiger partial charge in [-0.2, -0.15) is 0 Å². The molecule has 2 N–H and O–H groups in total. The van der Waals surface area contributed by atoms with Crippen molar-refractivity contribution < 1.29 is 9.50 Å². The van der Waals surface area contributed by atoms with Crippen molar-refractivity contribution in [2.75, 3.05) is 25.0 Å². The van der Waals surface area contributed by atoms with Crippen molar-refractivity contribution in [1.82, 2.24) is 14.9 Å². The van der Waals surface area contributed by atoms with E-state index in [1.165, 1.54) is 22.3 Å². The molecule has 0 aliphatic carbocycles. The van der Waals surface area contributed by atoms with Crippen LogP contribution in [0, 0.1) is 5.82 Å². The number of likely N-dealkylation sites (tertiary alicyclic amines) is 1. The molecule has 0 unspecified atom stereocenters. The van der Waals surface area contributed by atoms with Crippen LogP contribution >= 0.6 is 22.7 Å². The smallest absolute Gasteiger partial charge is 0.148 e. The summed E-state index contributed by atoms with van der Waals surface area (Å²) >= 11 is 3.14. The monoisotopic (exact) mass is 428 g/mol. The summed E-state index contributed by atoms with van der Waals surface area (Å²) in [4.78, 5) is 13.4. The van der Waals surface area contributed by atoms with Crippen molar-refractivity contribution in [3.05, 3.63) is 46.7 Å². The van der Waals surface area contributed by atoms with Gasteiger partial charge in [-0.15, -0.1) is 22.7 Å². The highest BCUT2D eigenvalue weighted by molar-refractivity contribution is 7.18. The molecule has 3 aromatic heterocycles. The Bertz CT molecular complexity index is 1170. The van der Waals surface area contributed by atoms with E-state index in [9.17, 15) is 9.50 Å². The minimum Gasteiger partial charge on any atom is -0.395 e. The molecule has 1 saturated heterocycles. The standard InChI is InChI=1S/C21H21FN4OS2/c1-12-13(3-5-26(12)6-7-27)19-8-14-16(2-4-23-21(14)29-19)25-17-10-18-20(9-15(17)22)28-11-24-18/h2,4,8-13,27H,3,5-7H2,1H3,(H,23,25)/t12-,13+/m0/s1. The fraction of sp³-hybridized carbons (Fsp3) is 0.333. The average molecular weight is 429 g/mol. The second-order valence-electron chi connectivity index (χ2n) is 7.40. The van der Waals surface area contributed by atoms with Gasteiger partial charge in [0.05, 0.1) is 33.7 Å². The number of anilines is 2. The SMILES string of the molecule is C[C@H]1[C@H](c2cc3c(Nc4cc5ncsc5cc4F)ccnc3s2)CCN1CCO. The number of rotatable bonds is 5. The van der Waals surface area contributed by atoms with Gasteiger partial charge in [0.15, 0.2) is 0 Å². The number of pyridine rings is 1. The van der Waals surface area contributed by atoms with Crippen LogP contribution in [0.25, 0.3) is 20.4 Å². The Labute approximate surface area is 175 Å². The van der Waals surface area contributed by atoms with Gasteiger partial charge in [-0.25, -0.2) is 14.4 Å². The Hall–Kier alpha value is -2.13. The molecule has 29 heavy (non-hydrogen) atoms. The molecule has 1 aliphatic rings. The molecule has 4 heterocycles. The quantitative estimate of drug-likeness (QED) is 0.471. The van der Waals surface area contributed by atoms with Crippen LogP contribution < -0.4 is 5.32 Å². The summed E-state index contributed by atoms with van der Waals surface area (Å²) in [5.41, 5.74) is 3.79. The Balaban J connectivity index is 1.48. The lowest BCUT2D eigenvalue weighted by molar-refractivity contribution is 0.188. The molecule has 0 saturated carbocycles. The van der Waals surface area contributed by atoms with Crippen LogP contribution in [0.4, 0.5) is 15.8 Å². The summed E-state index contributed by atoms with van der Waals surface area (Å²) in [6, 6.07) is 7.75. The normalized spacial score (nSPS) is 20.1. The van der Waals surface area contributed by atoms with E-state index in [0.29, 0.717) is 24.2 Å². The molecule has 5 nitrogen and oxygen atoms in total. The van der Waals surface area contributed by atoms with Crippen molar-refractivity contribution in [2.45, 2.75) is 25.3 Å². The first-order valence-electron chi connectivity index (χ1n) is 9.67. The van der Waals surface area contributed by atoms with Crippen LogP contribution in [0.2, 0.25) is 0 Å². The number of benzene rings is 1. The van der Waals surface area contributed by atoms with Crippen LogP contribution in [0.3, 0.4) is 0 Å². The topological polar surface area (TPSA) is 61.3 Å². The predicted molar refractivity (Wildman–Crippen MR) is 118 cm³/mol. The maximum atomic E-state index is 14.6. The molecule has 0 radical (unpaired) electrons. The molecule has 5 rings (SSSR count). The van der Waals surface area contributed by atoms with Gasteiger partial charge in [-0.05, 0) is 44.2 Å². The number of aliphatic hydroxyl groups excluding tert-OH is 1. The lowest BCUT2D eigenvalue weighted by Crippen LogP contribution is -2.31. The van der Waals surface area contributed by atoms with Gasteiger partial charge >= 0.3 is 0 Å². The summed E-state index contributed by atoms with van der Waals surface area (Å²) in [5.74, 6) is 0.142. The first-order chi connectivity index (χ1) is 14.1. The number of hydrogen-bond donors (Lipinski definition) is 2. The van der Waals surface area contributed by atoms with E-state index in [1.54, 1.807) is 29.1 Å². The second kappa shape index (κ2) is 7.60. The van der Waals surface area contributed by atoms with Crippen molar-refractivity contribution in [2.24, 2.45) is 0 Å². The summed E-state index contributed by atoms with van der Waals surface area (Å²) in [7, 11) is 0. The van der Waals surface area contributed by atoms with E-state index in [4.69, 9.17) is 0 Å². The Morgan fingerprint density at radius 1 is 1.28 bits per heavy atom. The molecule has 0 spiro atoms. The van der Waals surface area contributed by atoms with Crippen LogP contribution in [0.5, 0.6) is 0 Å². The molecule has 1 aromatic carbocycles. The molecule has 1 aliphatic heterocycles. The third-order valence-electron chi connectivity index (χ3n) is 5.78. The Morgan fingerprint density at radius 2 is 2.17 bits per heavy atom. The van der Waals surface area contributed by atoms with Gasteiger partial charge < -0.3 is 10.4 Å². The zero-order valence-corrected chi connectivity index (χ0v) is 17.6. The van der Waals surface area contributed by atoms with E-state index >= 15 is 0 Å². The molecule has 1 fully saturated rings. The number of thiophene rings is 1. The maximum absolute atomic E-state index is 14.6. The zero-order chi connectivity index (χ0) is 20.0. The van der Waals surface area contributed by atoms with Gasteiger partial charge in [0, 0.05) is 35.0 Å². The van der Waals surface area contributed by atoms with Gasteiger partial charge in [-0.1, -0.05) is 0 Å². The molecule has 0 bridgehead atoms. The van der Waals surface area contributed by atoms with E-state index in [2.05, 4.69) is 33.2 Å². The third kappa shape index (κ3) is 3.40. The molecule has 150 valence electrons. The number of aromatic nitrogens is 2. The number of fused-ring (bicyclic) bond motifs is 2. The summed E-state index contributed by atoms with van der Waals surface area (Å²) in [6.45, 7) is 4.13. The predicted octanol–water partition coefficient (Wildman–Crippen LogP) is 4.96. The Kier molecular flexibility index (Phi) is 4.95. The number of nitrogens with zero attached hydrogens (tertiary/aromatic N) is 3. The number of β-amino-alcohol motifs (C(OH)–C–C–N with tert-alkyl or cyclic N) is 1. The van der Waals surface area contributed by atoms with Crippen LogP contribution in [-0.4, -0.2) is 45.7 Å². The van der Waals surface area contributed by atoms with Crippen LogP contribution in [0.1, 0.15) is 24.1 Å². The summed E-state index contributed by atoms with van der Waals surface area (Å²) < 4.78 is 15.4. The van der Waals surface area contributed by atoms with Crippen molar-refractivity contribution in [3.8, 4) is 0 Å². The molecule has 0 amide bonds. The van der Waals surface area contributed by atoms with E-state index in [-0.39, 0.29) is 12.4 Å². The summed E-state index contributed by atoms with van der Waals surface area (Å²) in [6.07, 6.45) is 2.84. The average Bonchev–Trinajstić information content (AvgIpc) is 3.42.